The lowest BCUT2D eigenvalue weighted by atomic mass is 9.87. The molecule has 0 spiro atoms. The van der Waals surface area contributed by atoms with Gasteiger partial charge in [-0.1, -0.05) is 103 Å². The first-order valence-corrected chi connectivity index (χ1v) is 17.0. The maximum absolute atomic E-state index is 10.8. The van der Waals surface area contributed by atoms with E-state index in [0.29, 0.717) is 23.1 Å². The molecule has 0 saturated heterocycles. The molecule has 0 radical (unpaired) electrons. The van der Waals surface area contributed by atoms with E-state index in [-0.39, 0.29) is 12.0 Å². The number of allylic oxidation sites excluding steroid dienone is 6. The minimum atomic E-state index is -0.0538. The van der Waals surface area contributed by atoms with Gasteiger partial charge >= 0.3 is 0 Å². The predicted octanol–water partition coefficient (Wildman–Crippen LogP) is 10.5. The summed E-state index contributed by atoms with van der Waals surface area (Å²) in [6.45, 7) is 0. The molecule has 0 fully saturated rings. The summed E-state index contributed by atoms with van der Waals surface area (Å²) in [4.78, 5) is 2.33. The average molecular weight is 652 g/mol. The quantitative estimate of drug-likeness (QED) is 0.190. The van der Waals surface area contributed by atoms with Crippen LogP contribution in [0.25, 0.3) is 49.7 Å². The van der Waals surface area contributed by atoms with Crippen LogP contribution in [0.15, 0.2) is 174 Å². The lowest BCUT2D eigenvalue weighted by Gasteiger charge is -2.31. The summed E-state index contributed by atoms with van der Waals surface area (Å²) in [6, 6.07) is 46.9. The van der Waals surface area contributed by atoms with Crippen LogP contribution >= 0.6 is 0 Å². The maximum Gasteiger partial charge on any atom is 0.100 e. The molecule has 1 aromatic heterocycles. The smallest absolute Gasteiger partial charge is 0.100 e. The molecule has 5 nitrogen and oxygen atoms in total. The van der Waals surface area contributed by atoms with Gasteiger partial charge in [0.1, 0.15) is 6.07 Å². The Kier molecular flexibility index (Phi) is 7.10. The van der Waals surface area contributed by atoms with Gasteiger partial charge in [-0.25, -0.2) is 0 Å². The van der Waals surface area contributed by atoms with Gasteiger partial charge in [-0.3, -0.25) is 0 Å². The summed E-state index contributed by atoms with van der Waals surface area (Å²) < 4.78 is 2.31. The molecule has 0 bridgehead atoms. The zero-order valence-corrected chi connectivity index (χ0v) is 27.5. The second kappa shape index (κ2) is 12.1. The number of benzene rings is 5. The molecule has 2 aliphatic carbocycles. The van der Waals surface area contributed by atoms with Crippen molar-refractivity contribution in [2.75, 3.05) is 4.90 Å². The molecule has 51 heavy (non-hydrogen) atoms. The molecule has 9 rings (SSSR count). The van der Waals surface area contributed by atoms with Crippen LogP contribution in [0.3, 0.4) is 0 Å². The van der Waals surface area contributed by atoms with Gasteiger partial charge in [-0.15, -0.1) is 0 Å². The highest BCUT2D eigenvalue weighted by atomic mass is 15.2. The van der Waals surface area contributed by atoms with E-state index in [1.54, 1.807) is 0 Å². The maximum atomic E-state index is 10.8. The molecule has 6 aromatic rings. The van der Waals surface area contributed by atoms with Crippen LogP contribution in [-0.2, 0) is 0 Å². The fraction of sp³-hybridized carbons (Fsp3) is 0.0652. The summed E-state index contributed by atoms with van der Waals surface area (Å²) in [5.74, 6) is -0.0538. The summed E-state index contributed by atoms with van der Waals surface area (Å²) in [5, 5.41) is 32.7. The lowest BCUT2D eigenvalue weighted by molar-refractivity contribution is 0.678. The van der Waals surface area contributed by atoms with E-state index in [2.05, 4.69) is 119 Å². The average Bonchev–Trinajstić information content (AvgIpc) is 3.58. The third kappa shape index (κ3) is 4.74. The molecule has 238 valence electrons. The Morgan fingerprint density at radius 1 is 0.627 bits per heavy atom. The molecular weight excluding hydrogens is 623 g/mol. The monoisotopic (exact) mass is 651 g/mol. The Labute approximate surface area is 296 Å². The van der Waals surface area contributed by atoms with Crippen molar-refractivity contribution in [3.8, 4) is 46.1 Å². The number of aromatic nitrogens is 1. The molecule has 3 aliphatic rings. The van der Waals surface area contributed by atoms with Crippen LogP contribution in [0.5, 0.6) is 0 Å². The fourth-order valence-electron chi connectivity index (χ4n) is 8.12. The minimum Gasteiger partial charge on any atom is -0.337 e. The molecule has 0 N–H and O–H groups in total. The van der Waals surface area contributed by atoms with Crippen molar-refractivity contribution in [3.05, 3.63) is 180 Å². The Morgan fingerprint density at radius 3 is 2.08 bits per heavy atom. The topological polar surface area (TPSA) is 79.5 Å². The molecule has 2 heterocycles. The number of fused-ring (bicyclic) bond motifs is 5. The molecular formula is C46H29N5. The van der Waals surface area contributed by atoms with Crippen molar-refractivity contribution in [3.63, 3.8) is 0 Å². The summed E-state index contributed by atoms with van der Waals surface area (Å²) in [6.07, 6.45) is 12.6. The van der Waals surface area contributed by atoms with Gasteiger partial charge in [0.2, 0.25) is 0 Å². The number of nitriles is 3. The van der Waals surface area contributed by atoms with Crippen molar-refractivity contribution in [1.82, 2.24) is 4.57 Å². The van der Waals surface area contributed by atoms with Crippen molar-refractivity contribution < 1.29 is 0 Å². The van der Waals surface area contributed by atoms with Gasteiger partial charge < -0.3 is 9.47 Å². The number of para-hydroxylation sites is 3. The van der Waals surface area contributed by atoms with Gasteiger partial charge in [-0.2, -0.15) is 15.8 Å². The van der Waals surface area contributed by atoms with Crippen molar-refractivity contribution >= 4 is 27.5 Å². The van der Waals surface area contributed by atoms with Gasteiger partial charge in [0.15, 0.2) is 0 Å². The molecule has 5 heteroatoms. The van der Waals surface area contributed by atoms with Gasteiger partial charge in [0.25, 0.3) is 0 Å². The standard InChI is InChI=1S/C46H29N5/c47-27-30-10-7-21-45-39(24-30)40-25-31(28-48)22-23-46(40)50(45)33-12-8-11-32(26-33)34-16-9-17-35(41(34)29-49)36-13-1-4-18-42(36)51-43-19-5-2-14-37(43)38-15-3-6-20-44(38)51/h1-20,22-26,40,46H,21H2. The second-order valence-electron chi connectivity index (χ2n) is 13.0. The Morgan fingerprint density at radius 2 is 1.31 bits per heavy atom. The van der Waals surface area contributed by atoms with Crippen molar-refractivity contribution in [2.24, 2.45) is 5.92 Å². The number of hydrogen-bond donors (Lipinski definition) is 0. The van der Waals surface area contributed by atoms with Crippen molar-refractivity contribution in [1.29, 1.82) is 15.8 Å². The highest BCUT2D eigenvalue weighted by molar-refractivity contribution is 6.09. The van der Waals surface area contributed by atoms with Gasteiger partial charge in [0.05, 0.1) is 46.0 Å². The molecule has 0 amide bonds. The first-order chi connectivity index (χ1) is 25.2. The molecule has 5 aromatic carbocycles. The zero-order valence-electron chi connectivity index (χ0n) is 27.5. The number of nitrogens with zero attached hydrogens (tertiary/aromatic N) is 5. The third-order valence-electron chi connectivity index (χ3n) is 10.3. The molecule has 0 saturated carbocycles. The van der Waals surface area contributed by atoms with E-state index >= 15 is 0 Å². The molecule has 2 atom stereocenters. The van der Waals surface area contributed by atoms with E-state index in [0.717, 1.165) is 55.9 Å². The van der Waals surface area contributed by atoms with E-state index < -0.39 is 0 Å². The first-order valence-electron chi connectivity index (χ1n) is 17.0. The van der Waals surface area contributed by atoms with Crippen LogP contribution in [0, 0.1) is 39.9 Å². The van der Waals surface area contributed by atoms with Gasteiger partial charge in [0, 0.05) is 56.8 Å². The normalized spacial score (nSPS) is 17.6. The van der Waals surface area contributed by atoms with Gasteiger partial charge in [-0.05, 0) is 59.7 Å². The van der Waals surface area contributed by atoms with Crippen molar-refractivity contribution in [2.45, 2.75) is 12.5 Å². The summed E-state index contributed by atoms with van der Waals surface area (Å²) in [7, 11) is 0. The Bertz CT molecular complexity index is 2680. The lowest BCUT2D eigenvalue weighted by Crippen LogP contribution is -2.33. The van der Waals surface area contributed by atoms with Crippen LogP contribution in [0.2, 0.25) is 0 Å². The predicted molar refractivity (Wildman–Crippen MR) is 203 cm³/mol. The Hall–Kier alpha value is -7.13. The van der Waals surface area contributed by atoms with E-state index in [9.17, 15) is 15.8 Å². The number of hydrogen-bond acceptors (Lipinski definition) is 4. The largest absolute Gasteiger partial charge is 0.337 e. The first kappa shape index (κ1) is 30.0. The second-order valence-corrected chi connectivity index (χ2v) is 13.0. The van der Waals surface area contributed by atoms with E-state index in [4.69, 9.17) is 0 Å². The highest BCUT2D eigenvalue weighted by Crippen LogP contribution is 2.46. The highest BCUT2D eigenvalue weighted by Gasteiger charge is 2.39. The summed E-state index contributed by atoms with van der Waals surface area (Å²) in [5.41, 5.74) is 11.9. The SMILES string of the molecule is N#CC1=CC2=C(CC=C1)N(c1cccc(-c3cccc(-c4ccccc4-n4c5ccccc5c5ccccc54)c3C#N)c1)C1C=CC(C#N)=CC21. The Balaban J connectivity index is 1.19. The number of rotatable bonds is 4. The van der Waals surface area contributed by atoms with Crippen LogP contribution in [0.1, 0.15) is 12.0 Å². The zero-order chi connectivity index (χ0) is 34.5. The summed E-state index contributed by atoms with van der Waals surface area (Å²) >= 11 is 0. The van der Waals surface area contributed by atoms with E-state index in [1.165, 1.54) is 10.8 Å². The molecule has 1 aliphatic heterocycles. The van der Waals surface area contributed by atoms with Crippen LogP contribution in [0.4, 0.5) is 5.69 Å². The minimum absolute atomic E-state index is 0.0371. The van der Waals surface area contributed by atoms with Crippen LogP contribution in [-0.4, -0.2) is 10.6 Å². The van der Waals surface area contributed by atoms with E-state index in [1.807, 2.05) is 60.7 Å². The third-order valence-corrected chi connectivity index (χ3v) is 10.3. The molecule has 2 unspecified atom stereocenters. The number of anilines is 1. The fourth-order valence-corrected chi connectivity index (χ4v) is 8.12. The van der Waals surface area contributed by atoms with Crippen LogP contribution < -0.4 is 4.90 Å².